The van der Waals surface area contributed by atoms with Gasteiger partial charge in [-0.2, -0.15) is 0 Å². The second-order valence-electron chi connectivity index (χ2n) is 0.696. The average molecular weight is 120 g/mol. The molecule has 0 atom stereocenters. The maximum atomic E-state index is 9.78. The molecular formula is C5H12OS. The summed E-state index contributed by atoms with van der Waals surface area (Å²) in [6, 6.07) is 0. The van der Waals surface area contributed by atoms with E-state index < -0.39 is 0 Å². The van der Waals surface area contributed by atoms with Crippen LogP contribution in [0.25, 0.3) is 0 Å². The van der Waals surface area contributed by atoms with Crippen LogP contribution in [0.1, 0.15) is 20.8 Å². The minimum absolute atomic E-state index is 0.171. The summed E-state index contributed by atoms with van der Waals surface area (Å²) >= 11 is 1.24. The predicted octanol–water partition coefficient (Wildman–Crippen LogP) is 1.92. The van der Waals surface area contributed by atoms with E-state index in [1.807, 2.05) is 13.8 Å². The summed E-state index contributed by atoms with van der Waals surface area (Å²) in [7, 11) is 0. The van der Waals surface area contributed by atoms with Crippen molar-refractivity contribution in [3.63, 3.8) is 0 Å². The molecule has 0 heterocycles. The Kier molecular flexibility index (Phi) is 13.5. The Bertz CT molecular complexity index is 43.3. The third-order valence-corrected chi connectivity index (χ3v) is 0.862. The molecule has 0 unspecified atom stereocenters. The standard InChI is InChI=1S/C3H6OS.C2H6/c1-3(4)5-2;1-2/h1-2H3;1-2H3. The van der Waals surface area contributed by atoms with Crippen LogP contribution in [0.4, 0.5) is 0 Å². The van der Waals surface area contributed by atoms with Gasteiger partial charge in [0.25, 0.3) is 0 Å². The lowest BCUT2D eigenvalue weighted by molar-refractivity contribution is -0.109. The first kappa shape index (κ1) is 10.1. The van der Waals surface area contributed by atoms with Gasteiger partial charge < -0.3 is 0 Å². The third-order valence-electron chi connectivity index (χ3n) is 0.287. The Morgan fingerprint density at radius 3 is 1.57 bits per heavy atom. The van der Waals surface area contributed by atoms with Gasteiger partial charge in [-0.3, -0.25) is 4.79 Å². The molecule has 0 saturated carbocycles. The molecule has 7 heavy (non-hydrogen) atoms. The van der Waals surface area contributed by atoms with Crippen LogP contribution in [0.5, 0.6) is 0 Å². The molecule has 2 heteroatoms. The van der Waals surface area contributed by atoms with E-state index in [2.05, 4.69) is 0 Å². The van der Waals surface area contributed by atoms with E-state index in [-0.39, 0.29) is 5.12 Å². The van der Waals surface area contributed by atoms with E-state index >= 15 is 0 Å². The first-order valence-corrected chi connectivity index (χ1v) is 3.54. The van der Waals surface area contributed by atoms with Crippen LogP contribution in [0.3, 0.4) is 0 Å². The SMILES string of the molecule is CC.CSC(C)=O. The van der Waals surface area contributed by atoms with Crippen LogP contribution < -0.4 is 0 Å². The van der Waals surface area contributed by atoms with Gasteiger partial charge in [0.2, 0.25) is 0 Å². The van der Waals surface area contributed by atoms with Crippen molar-refractivity contribution >= 4 is 16.9 Å². The van der Waals surface area contributed by atoms with Crippen molar-refractivity contribution < 1.29 is 4.79 Å². The molecule has 0 fully saturated rings. The van der Waals surface area contributed by atoms with Crippen molar-refractivity contribution in [3.05, 3.63) is 0 Å². The molecule has 0 rings (SSSR count). The van der Waals surface area contributed by atoms with Gasteiger partial charge in [-0.25, -0.2) is 0 Å². The van der Waals surface area contributed by atoms with Crippen LogP contribution in [-0.2, 0) is 4.79 Å². The summed E-state index contributed by atoms with van der Waals surface area (Å²) < 4.78 is 0. The van der Waals surface area contributed by atoms with Crippen LogP contribution in [-0.4, -0.2) is 11.4 Å². The van der Waals surface area contributed by atoms with Crippen molar-refractivity contribution in [1.82, 2.24) is 0 Å². The van der Waals surface area contributed by atoms with Crippen molar-refractivity contribution in [2.24, 2.45) is 0 Å². The molecule has 0 aliphatic heterocycles. The average Bonchev–Trinajstić information content (AvgIpc) is 1.73. The molecule has 0 aliphatic rings. The molecule has 0 saturated heterocycles. The smallest absolute Gasteiger partial charge is 0.185 e. The largest absolute Gasteiger partial charge is 0.288 e. The van der Waals surface area contributed by atoms with Gasteiger partial charge in [0.05, 0.1) is 0 Å². The Labute approximate surface area is 49.5 Å². The second-order valence-corrected chi connectivity index (χ2v) is 1.68. The third kappa shape index (κ3) is 23.8. The van der Waals surface area contributed by atoms with E-state index in [4.69, 9.17) is 0 Å². The van der Waals surface area contributed by atoms with Gasteiger partial charge in [-0.05, 0) is 6.26 Å². The van der Waals surface area contributed by atoms with Gasteiger partial charge in [-0.15, -0.1) is 0 Å². The van der Waals surface area contributed by atoms with E-state index in [1.165, 1.54) is 11.8 Å². The van der Waals surface area contributed by atoms with E-state index in [9.17, 15) is 4.79 Å². The van der Waals surface area contributed by atoms with E-state index in [0.717, 1.165) is 0 Å². The lowest BCUT2D eigenvalue weighted by Gasteiger charge is -1.71. The van der Waals surface area contributed by atoms with Gasteiger partial charge in [-0.1, -0.05) is 25.6 Å². The quantitative estimate of drug-likeness (QED) is 0.486. The summed E-state index contributed by atoms with van der Waals surface area (Å²) in [5.41, 5.74) is 0. The number of hydrogen-bond acceptors (Lipinski definition) is 2. The maximum Gasteiger partial charge on any atom is 0.185 e. The molecule has 0 bridgehead atoms. The lowest BCUT2D eigenvalue weighted by Crippen LogP contribution is -1.72. The van der Waals surface area contributed by atoms with Crippen LogP contribution in [0, 0.1) is 0 Å². The fraction of sp³-hybridized carbons (Fsp3) is 0.800. The maximum absolute atomic E-state index is 9.78. The topological polar surface area (TPSA) is 17.1 Å². The normalized spacial score (nSPS) is 6.29. The predicted molar refractivity (Wildman–Crippen MR) is 35.5 cm³/mol. The number of rotatable bonds is 0. The Morgan fingerprint density at radius 1 is 1.43 bits per heavy atom. The highest BCUT2D eigenvalue weighted by Gasteiger charge is 1.77. The van der Waals surface area contributed by atoms with Gasteiger partial charge in [0.1, 0.15) is 0 Å². The summed E-state index contributed by atoms with van der Waals surface area (Å²) in [5, 5.41) is 0.171. The second kappa shape index (κ2) is 9.39. The molecule has 0 aromatic rings. The highest BCUT2D eigenvalue weighted by molar-refractivity contribution is 8.12. The van der Waals surface area contributed by atoms with Crippen LogP contribution in [0.15, 0.2) is 0 Å². The first-order chi connectivity index (χ1) is 3.27. The van der Waals surface area contributed by atoms with Gasteiger partial charge in [0, 0.05) is 6.92 Å². The van der Waals surface area contributed by atoms with Crippen LogP contribution in [0.2, 0.25) is 0 Å². The monoisotopic (exact) mass is 120 g/mol. The van der Waals surface area contributed by atoms with Crippen molar-refractivity contribution in [1.29, 1.82) is 0 Å². The molecule has 0 aliphatic carbocycles. The molecule has 0 aromatic heterocycles. The minimum Gasteiger partial charge on any atom is -0.288 e. The molecule has 0 amide bonds. The fourth-order valence-corrected chi connectivity index (χ4v) is 0. The Balaban J connectivity index is 0. The van der Waals surface area contributed by atoms with Crippen molar-refractivity contribution in [2.45, 2.75) is 20.8 Å². The molecule has 0 radical (unpaired) electrons. The fourth-order valence-electron chi connectivity index (χ4n) is 0. The van der Waals surface area contributed by atoms with Crippen molar-refractivity contribution in [2.75, 3.05) is 6.26 Å². The lowest BCUT2D eigenvalue weighted by atomic mass is 10.9. The van der Waals surface area contributed by atoms with E-state index in [1.54, 1.807) is 13.2 Å². The van der Waals surface area contributed by atoms with Crippen LogP contribution >= 0.6 is 11.8 Å². The van der Waals surface area contributed by atoms with Crippen molar-refractivity contribution in [3.8, 4) is 0 Å². The number of carbonyl (C=O) groups is 1. The Morgan fingerprint density at radius 2 is 1.57 bits per heavy atom. The molecule has 44 valence electrons. The zero-order valence-electron chi connectivity index (χ0n) is 5.32. The number of hydrogen-bond donors (Lipinski definition) is 0. The summed E-state index contributed by atoms with van der Waals surface area (Å²) in [6.45, 7) is 5.55. The zero-order valence-corrected chi connectivity index (χ0v) is 6.13. The summed E-state index contributed by atoms with van der Waals surface area (Å²) in [4.78, 5) is 9.78. The van der Waals surface area contributed by atoms with Gasteiger partial charge in [0.15, 0.2) is 5.12 Å². The molecule has 1 nitrogen and oxygen atoms in total. The summed E-state index contributed by atoms with van der Waals surface area (Å²) in [5.74, 6) is 0. The summed E-state index contributed by atoms with van der Waals surface area (Å²) in [6.07, 6.45) is 1.77. The molecule has 0 aromatic carbocycles. The highest BCUT2D eigenvalue weighted by atomic mass is 32.2. The number of carbonyl (C=O) groups excluding carboxylic acids is 1. The molecule has 0 N–H and O–H groups in total. The zero-order chi connectivity index (χ0) is 6.28. The molecular weight excluding hydrogens is 108 g/mol. The molecule has 0 spiro atoms. The number of thioether (sulfide) groups is 1. The van der Waals surface area contributed by atoms with Gasteiger partial charge >= 0.3 is 0 Å². The van der Waals surface area contributed by atoms with E-state index in [0.29, 0.717) is 0 Å². The minimum atomic E-state index is 0.171. The first-order valence-electron chi connectivity index (χ1n) is 2.32. The Hall–Kier alpha value is 0.0200. The highest BCUT2D eigenvalue weighted by Crippen LogP contribution is 1.88.